The molecule has 0 atom stereocenters. The van der Waals surface area contributed by atoms with E-state index in [1.165, 1.54) is 0 Å². The SMILES string of the molecule is CCCCc1cc(NC(=O)Nc2ccc(Oc3ccnc(Nc4cnc5[nH]ccc5c4)n3)c3ccccc23)n(-c2ccc(C)cc2)n1. The van der Waals surface area contributed by atoms with E-state index in [0.29, 0.717) is 29.1 Å². The maximum atomic E-state index is 13.4. The number of H-pyrrole nitrogens is 1. The minimum absolute atomic E-state index is 0.366. The first-order valence-corrected chi connectivity index (χ1v) is 15.5. The van der Waals surface area contributed by atoms with Crippen molar-refractivity contribution in [3.63, 3.8) is 0 Å². The Kier molecular flexibility index (Phi) is 8.16. The van der Waals surface area contributed by atoms with Crippen LogP contribution in [0.15, 0.2) is 104 Å². The van der Waals surface area contributed by atoms with E-state index >= 15 is 0 Å². The van der Waals surface area contributed by atoms with Crippen LogP contribution >= 0.6 is 0 Å². The van der Waals surface area contributed by atoms with Gasteiger partial charge in [0, 0.05) is 40.7 Å². The molecule has 47 heavy (non-hydrogen) atoms. The van der Waals surface area contributed by atoms with E-state index in [2.05, 4.69) is 42.8 Å². The molecule has 0 aliphatic rings. The molecule has 0 aliphatic carbocycles. The topological polar surface area (TPSA) is 135 Å². The maximum absolute atomic E-state index is 13.4. The van der Waals surface area contributed by atoms with Gasteiger partial charge in [0.15, 0.2) is 0 Å². The van der Waals surface area contributed by atoms with Gasteiger partial charge >= 0.3 is 6.03 Å². The van der Waals surface area contributed by atoms with Gasteiger partial charge in [0.2, 0.25) is 11.8 Å². The molecule has 7 rings (SSSR count). The molecule has 2 amide bonds. The molecule has 11 nitrogen and oxygen atoms in total. The van der Waals surface area contributed by atoms with Crippen LogP contribution in [0.4, 0.5) is 27.9 Å². The Labute approximate surface area is 271 Å². The Hall–Kier alpha value is -6.23. The first-order chi connectivity index (χ1) is 23.0. The molecule has 0 fully saturated rings. The van der Waals surface area contributed by atoms with Crippen LogP contribution in [0.2, 0.25) is 0 Å². The zero-order valence-electron chi connectivity index (χ0n) is 26.0. The average Bonchev–Trinajstić information content (AvgIpc) is 3.72. The summed E-state index contributed by atoms with van der Waals surface area (Å²) in [6.45, 7) is 4.19. The number of hydrogen-bond acceptors (Lipinski definition) is 7. The Balaban J connectivity index is 1.10. The van der Waals surface area contributed by atoms with Gasteiger partial charge in [-0.3, -0.25) is 5.32 Å². The van der Waals surface area contributed by atoms with Crippen molar-refractivity contribution in [1.82, 2.24) is 29.7 Å². The summed E-state index contributed by atoms with van der Waals surface area (Å²) in [6, 6.07) is 26.6. The molecule has 0 spiro atoms. The van der Waals surface area contributed by atoms with Crippen LogP contribution in [0.5, 0.6) is 11.6 Å². The summed E-state index contributed by atoms with van der Waals surface area (Å²) in [5, 5.41) is 16.6. The van der Waals surface area contributed by atoms with Crippen molar-refractivity contribution in [3.05, 3.63) is 115 Å². The number of carbonyl (C=O) groups excluding carboxylic acids is 1. The van der Waals surface area contributed by atoms with Crippen molar-refractivity contribution in [2.24, 2.45) is 0 Å². The Morgan fingerprint density at radius 3 is 2.64 bits per heavy atom. The number of urea groups is 1. The predicted octanol–water partition coefficient (Wildman–Crippen LogP) is 8.52. The van der Waals surface area contributed by atoms with Crippen molar-refractivity contribution in [1.29, 1.82) is 0 Å². The molecule has 4 N–H and O–H groups in total. The molecule has 11 heteroatoms. The second-order valence-electron chi connectivity index (χ2n) is 11.2. The van der Waals surface area contributed by atoms with Gasteiger partial charge in [-0.15, -0.1) is 0 Å². The molecular weight excluding hydrogens is 590 g/mol. The Morgan fingerprint density at radius 2 is 1.79 bits per heavy atom. The van der Waals surface area contributed by atoms with Gasteiger partial charge in [0.05, 0.1) is 29.0 Å². The van der Waals surface area contributed by atoms with Crippen LogP contribution in [-0.2, 0) is 6.42 Å². The van der Waals surface area contributed by atoms with Gasteiger partial charge in [-0.25, -0.2) is 19.4 Å². The monoisotopic (exact) mass is 623 g/mol. The van der Waals surface area contributed by atoms with Gasteiger partial charge in [0.25, 0.3) is 0 Å². The summed E-state index contributed by atoms with van der Waals surface area (Å²) >= 11 is 0. The highest BCUT2D eigenvalue weighted by atomic mass is 16.5. The lowest BCUT2D eigenvalue weighted by Gasteiger charge is -2.14. The summed E-state index contributed by atoms with van der Waals surface area (Å²) in [6.07, 6.45) is 8.10. The number of aryl methyl sites for hydroxylation is 2. The summed E-state index contributed by atoms with van der Waals surface area (Å²) in [5.41, 5.74) is 5.15. The van der Waals surface area contributed by atoms with E-state index in [-0.39, 0.29) is 6.03 Å². The number of nitrogens with one attached hydrogen (secondary N) is 4. The quantitative estimate of drug-likeness (QED) is 0.120. The molecule has 0 saturated carbocycles. The summed E-state index contributed by atoms with van der Waals surface area (Å²) in [5.74, 6) is 1.93. The Bertz CT molecular complexity index is 2190. The van der Waals surface area contributed by atoms with Crippen LogP contribution in [-0.4, -0.2) is 35.7 Å². The van der Waals surface area contributed by atoms with Crippen molar-refractivity contribution in [2.45, 2.75) is 33.1 Å². The molecule has 3 aromatic carbocycles. The number of carbonyl (C=O) groups is 1. The average molecular weight is 624 g/mol. The predicted molar refractivity (Wildman–Crippen MR) is 185 cm³/mol. The second-order valence-corrected chi connectivity index (χ2v) is 11.2. The molecule has 0 bridgehead atoms. The van der Waals surface area contributed by atoms with Crippen LogP contribution < -0.4 is 20.7 Å². The molecule has 234 valence electrons. The number of rotatable bonds is 10. The standard InChI is InChI=1S/C36H33N9O2/c1-3-4-7-25-21-32(45(44-25)27-12-10-23(2)11-13-27)42-36(46)41-30-14-15-31(29-9-6-5-8-28(29)30)47-33-17-19-38-35(43-33)40-26-20-24-16-18-37-34(24)39-22-26/h5-6,8-22H,3-4,7H2,1-2H3,(H,37,39)(H,38,40,43)(H2,41,42,46). The van der Waals surface area contributed by atoms with E-state index in [1.54, 1.807) is 23.1 Å². The number of anilines is 4. The lowest BCUT2D eigenvalue weighted by Crippen LogP contribution is -2.21. The van der Waals surface area contributed by atoms with Crippen molar-refractivity contribution < 1.29 is 9.53 Å². The maximum Gasteiger partial charge on any atom is 0.324 e. The van der Waals surface area contributed by atoms with Gasteiger partial charge < -0.3 is 20.4 Å². The van der Waals surface area contributed by atoms with E-state index in [0.717, 1.165) is 63.7 Å². The first-order valence-electron chi connectivity index (χ1n) is 15.5. The van der Waals surface area contributed by atoms with Crippen molar-refractivity contribution in [3.8, 4) is 17.3 Å². The number of nitrogens with zero attached hydrogens (tertiary/aromatic N) is 5. The number of hydrogen-bond donors (Lipinski definition) is 4. The van der Waals surface area contributed by atoms with Crippen molar-refractivity contribution >= 4 is 51.0 Å². The number of aromatic amines is 1. The third-order valence-electron chi connectivity index (χ3n) is 7.70. The summed E-state index contributed by atoms with van der Waals surface area (Å²) in [7, 11) is 0. The summed E-state index contributed by atoms with van der Waals surface area (Å²) in [4.78, 5) is 29.7. The number of aromatic nitrogens is 6. The fourth-order valence-electron chi connectivity index (χ4n) is 5.33. The smallest absolute Gasteiger partial charge is 0.324 e. The molecule has 0 saturated heterocycles. The van der Waals surface area contributed by atoms with Crippen LogP contribution in [0.3, 0.4) is 0 Å². The number of ether oxygens (including phenoxy) is 1. The lowest BCUT2D eigenvalue weighted by molar-refractivity contribution is 0.262. The number of unbranched alkanes of at least 4 members (excludes halogenated alkanes) is 1. The molecule has 0 unspecified atom stereocenters. The van der Waals surface area contributed by atoms with E-state index in [1.807, 2.05) is 92.0 Å². The molecule has 4 heterocycles. The van der Waals surface area contributed by atoms with Gasteiger partial charge in [-0.05, 0) is 56.2 Å². The zero-order chi connectivity index (χ0) is 32.2. The highest BCUT2D eigenvalue weighted by molar-refractivity contribution is 6.07. The fourth-order valence-corrected chi connectivity index (χ4v) is 5.33. The number of amides is 2. The normalized spacial score (nSPS) is 11.1. The zero-order valence-corrected chi connectivity index (χ0v) is 26.0. The fraction of sp³-hybridized carbons (Fsp3) is 0.139. The van der Waals surface area contributed by atoms with E-state index in [4.69, 9.17) is 9.84 Å². The molecule has 7 aromatic rings. The van der Waals surface area contributed by atoms with Crippen LogP contribution in [0.25, 0.3) is 27.5 Å². The Morgan fingerprint density at radius 1 is 0.936 bits per heavy atom. The third-order valence-corrected chi connectivity index (χ3v) is 7.70. The second kappa shape index (κ2) is 13.0. The first kappa shape index (κ1) is 29.5. The summed E-state index contributed by atoms with van der Waals surface area (Å²) < 4.78 is 8.02. The minimum atomic E-state index is -0.377. The van der Waals surface area contributed by atoms with Crippen LogP contribution in [0, 0.1) is 6.92 Å². The lowest BCUT2D eigenvalue weighted by atomic mass is 10.1. The molecular formula is C36H33N9O2. The number of pyridine rings is 1. The van der Waals surface area contributed by atoms with E-state index in [9.17, 15) is 4.79 Å². The minimum Gasteiger partial charge on any atom is -0.438 e. The molecule has 4 aromatic heterocycles. The molecule has 0 aliphatic heterocycles. The largest absolute Gasteiger partial charge is 0.438 e. The van der Waals surface area contributed by atoms with E-state index < -0.39 is 0 Å². The number of benzene rings is 3. The van der Waals surface area contributed by atoms with Gasteiger partial charge in [-0.2, -0.15) is 10.1 Å². The highest BCUT2D eigenvalue weighted by Crippen LogP contribution is 2.34. The van der Waals surface area contributed by atoms with Crippen molar-refractivity contribution in [2.75, 3.05) is 16.0 Å². The van der Waals surface area contributed by atoms with Crippen LogP contribution in [0.1, 0.15) is 31.0 Å². The highest BCUT2D eigenvalue weighted by Gasteiger charge is 2.15. The molecule has 0 radical (unpaired) electrons. The third kappa shape index (κ3) is 6.59. The number of fused-ring (bicyclic) bond motifs is 2. The van der Waals surface area contributed by atoms with Gasteiger partial charge in [0.1, 0.15) is 17.2 Å². The van der Waals surface area contributed by atoms with Gasteiger partial charge in [-0.1, -0.05) is 55.3 Å².